The third kappa shape index (κ3) is 5.77. The largest absolute Gasteiger partial charge is 0.497 e. The zero-order valence-electron chi connectivity index (χ0n) is 21.5. The van der Waals surface area contributed by atoms with Gasteiger partial charge < -0.3 is 19.1 Å². The molecule has 0 atom stereocenters. The fourth-order valence-electron chi connectivity index (χ4n) is 4.87. The molecule has 2 aromatic carbocycles. The van der Waals surface area contributed by atoms with Crippen molar-refractivity contribution < 1.29 is 23.0 Å². The molecule has 1 aromatic heterocycles. The molecule has 2 aliphatic rings. The number of fused-ring (bicyclic) bond motifs is 1. The second-order valence-electron chi connectivity index (χ2n) is 9.78. The van der Waals surface area contributed by atoms with Gasteiger partial charge >= 0.3 is 0 Å². The molecular formula is C28H32F2N4O3. The Morgan fingerprint density at radius 2 is 1.68 bits per heavy atom. The maximum Gasteiger partial charge on any atom is 0.229 e. The van der Waals surface area contributed by atoms with Gasteiger partial charge in [0.05, 0.1) is 25.5 Å². The minimum Gasteiger partial charge on any atom is -0.497 e. The zero-order chi connectivity index (χ0) is 25.9. The summed E-state index contributed by atoms with van der Waals surface area (Å²) in [7, 11) is 3.26. The third-order valence-corrected chi connectivity index (χ3v) is 7.07. The molecule has 0 spiro atoms. The van der Waals surface area contributed by atoms with Crippen LogP contribution in [-0.4, -0.2) is 48.7 Å². The molecule has 3 aromatic rings. The molecule has 0 N–H and O–H groups in total. The number of halogens is 2. The molecule has 9 heteroatoms. The Balaban J connectivity index is 1.45. The van der Waals surface area contributed by atoms with E-state index in [1.165, 1.54) is 12.1 Å². The predicted octanol–water partition coefficient (Wildman–Crippen LogP) is 5.36. The molecular weight excluding hydrogens is 478 g/mol. The number of aromatic nitrogens is 2. The van der Waals surface area contributed by atoms with Crippen LogP contribution in [0.15, 0.2) is 36.4 Å². The van der Waals surface area contributed by atoms with E-state index in [2.05, 4.69) is 16.7 Å². The van der Waals surface area contributed by atoms with Crippen molar-refractivity contribution in [3.05, 3.63) is 64.9 Å². The lowest BCUT2D eigenvalue weighted by molar-refractivity contribution is 0.237. The Kier molecular flexibility index (Phi) is 7.41. The molecule has 2 aliphatic heterocycles. The lowest BCUT2D eigenvalue weighted by atomic mass is 9.99. The number of rotatable bonds is 7. The van der Waals surface area contributed by atoms with Crippen molar-refractivity contribution in [3.8, 4) is 23.1 Å². The van der Waals surface area contributed by atoms with Gasteiger partial charge in [0, 0.05) is 51.3 Å². The highest BCUT2D eigenvalue weighted by Gasteiger charge is 2.27. The summed E-state index contributed by atoms with van der Waals surface area (Å²) >= 11 is 0. The quantitative estimate of drug-likeness (QED) is 0.424. The number of benzene rings is 2. The molecule has 5 rings (SSSR count). The fourth-order valence-corrected chi connectivity index (χ4v) is 4.87. The third-order valence-electron chi connectivity index (χ3n) is 7.07. The van der Waals surface area contributed by atoms with Crippen LogP contribution in [0.3, 0.4) is 0 Å². The van der Waals surface area contributed by atoms with Gasteiger partial charge in [0.15, 0.2) is 11.6 Å². The molecule has 37 heavy (non-hydrogen) atoms. The fraction of sp³-hybridized carbons (Fsp3) is 0.429. The van der Waals surface area contributed by atoms with Crippen molar-refractivity contribution in [2.45, 2.75) is 39.3 Å². The van der Waals surface area contributed by atoms with Crippen LogP contribution in [-0.2, 0) is 19.5 Å². The predicted molar refractivity (Wildman–Crippen MR) is 136 cm³/mol. The number of piperidine rings is 1. The Bertz CT molecular complexity index is 1240. The summed E-state index contributed by atoms with van der Waals surface area (Å²) in [6, 6.07) is 9.11. The van der Waals surface area contributed by atoms with Crippen LogP contribution in [0.25, 0.3) is 0 Å². The second-order valence-corrected chi connectivity index (χ2v) is 9.78. The molecule has 0 radical (unpaired) electrons. The van der Waals surface area contributed by atoms with E-state index in [1.54, 1.807) is 14.2 Å². The number of nitrogens with zero attached hydrogens (tertiary/aromatic N) is 4. The second kappa shape index (κ2) is 10.9. The highest BCUT2D eigenvalue weighted by molar-refractivity contribution is 5.44. The molecule has 0 unspecified atom stereocenters. The van der Waals surface area contributed by atoms with Gasteiger partial charge in [0.1, 0.15) is 17.3 Å². The number of hydrogen-bond donors (Lipinski definition) is 0. The minimum atomic E-state index is -0.767. The van der Waals surface area contributed by atoms with E-state index in [1.807, 2.05) is 18.2 Å². The van der Waals surface area contributed by atoms with E-state index in [0.29, 0.717) is 37.3 Å². The monoisotopic (exact) mass is 510 g/mol. The lowest BCUT2D eigenvalue weighted by Gasteiger charge is -2.33. The van der Waals surface area contributed by atoms with Crippen LogP contribution in [0.2, 0.25) is 0 Å². The molecule has 0 aliphatic carbocycles. The zero-order valence-corrected chi connectivity index (χ0v) is 21.5. The van der Waals surface area contributed by atoms with Crippen molar-refractivity contribution in [1.29, 1.82) is 0 Å². The van der Waals surface area contributed by atoms with Gasteiger partial charge in [-0.05, 0) is 48.6 Å². The summed E-state index contributed by atoms with van der Waals surface area (Å²) < 4.78 is 44.9. The average molecular weight is 511 g/mol. The first-order chi connectivity index (χ1) is 17.9. The van der Waals surface area contributed by atoms with Crippen molar-refractivity contribution in [2.75, 3.05) is 38.8 Å². The smallest absolute Gasteiger partial charge is 0.229 e. The van der Waals surface area contributed by atoms with E-state index in [-0.39, 0.29) is 5.75 Å². The highest BCUT2D eigenvalue weighted by atomic mass is 19.1. The van der Waals surface area contributed by atoms with Crippen LogP contribution in [0.5, 0.6) is 23.1 Å². The van der Waals surface area contributed by atoms with E-state index < -0.39 is 11.6 Å². The Morgan fingerprint density at radius 3 is 2.35 bits per heavy atom. The van der Waals surface area contributed by atoms with Crippen LogP contribution in [0, 0.1) is 17.6 Å². The first-order valence-electron chi connectivity index (χ1n) is 12.6. The SMILES string of the molecule is COc1cc(CN2CCc3nc(N4CCC(C)CC4)nc(Oc4ccc(F)cc4F)c3C2)cc(OC)c1. The molecule has 196 valence electrons. The summed E-state index contributed by atoms with van der Waals surface area (Å²) in [5.74, 6) is 1.57. The van der Waals surface area contributed by atoms with E-state index in [0.717, 1.165) is 66.9 Å². The van der Waals surface area contributed by atoms with Gasteiger partial charge in [-0.25, -0.2) is 13.8 Å². The minimum absolute atomic E-state index is 0.0600. The topological polar surface area (TPSA) is 60.0 Å². The standard InChI is InChI=1S/C28H32F2N4O3/c1-18-6-10-34(11-7-18)28-31-25-8-9-33(16-19-12-21(35-2)15-22(13-19)36-3)17-23(25)27(32-28)37-26-5-4-20(29)14-24(26)30/h4-5,12-15,18H,6-11,16-17H2,1-3H3. The van der Waals surface area contributed by atoms with E-state index in [4.69, 9.17) is 24.2 Å². The van der Waals surface area contributed by atoms with Crippen LogP contribution in [0.4, 0.5) is 14.7 Å². The van der Waals surface area contributed by atoms with Crippen molar-refractivity contribution in [3.63, 3.8) is 0 Å². The number of anilines is 1. The van der Waals surface area contributed by atoms with Crippen molar-refractivity contribution in [1.82, 2.24) is 14.9 Å². The summed E-state index contributed by atoms with van der Waals surface area (Å²) in [4.78, 5) is 14.1. The molecule has 0 amide bonds. The molecule has 7 nitrogen and oxygen atoms in total. The maximum atomic E-state index is 14.5. The van der Waals surface area contributed by atoms with Crippen LogP contribution < -0.4 is 19.1 Å². The van der Waals surface area contributed by atoms with E-state index in [9.17, 15) is 8.78 Å². The summed E-state index contributed by atoms with van der Waals surface area (Å²) in [6.07, 6.45) is 2.85. The van der Waals surface area contributed by atoms with Crippen molar-refractivity contribution >= 4 is 5.95 Å². The summed E-state index contributed by atoms with van der Waals surface area (Å²) in [5, 5.41) is 0. The molecule has 1 fully saturated rings. The summed E-state index contributed by atoms with van der Waals surface area (Å²) in [6.45, 7) is 5.98. The van der Waals surface area contributed by atoms with Gasteiger partial charge in [-0.2, -0.15) is 4.98 Å². The van der Waals surface area contributed by atoms with Crippen molar-refractivity contribution in [2.24, 2.45) is 5.92 Å². The first-order valence-corrected chi connectivity index (χ1v) is 12.6. The lowest BCUT2D eigenvalue weighted by Crippen LogP contribution is -2.36. The van der Waals surface area contributed by atoms with Crippen LogP contribution in [0.1, 0.15) is 36.6 Å². The van der Waals surface area contributed by atoms with E-state index >= 15 is 0 Å². The number of ether oxygens (including phenoxy) is 3. The average Bonchev–Trinajstić information content (AvgIpc) is 2.90. The number of hydrogen-bond acceptors (Lipinski definition) is 7. The van der Waals surface area contributed by atoms with Gasteiger partial charge in [0.2, 0.25) is 11.8 Å². The van der Waals surface area contributed by atoms with Gasteiger partial charge in [-0.3, -0.25) is 4.90 Å². The maximum absolute atomic E-state index is 14.5. The molecule has 0 saturated carbocycles. The molecule has 0 bridgehead atoms. The highest BCUT2D eigenvalue weighted by Crippen LogP contribution is 2.34. The first kappa shape index (κ1) is 25.2. The number of methoxy groups -OCH3 is 2. The Hall–Kier alpha value is -3.46. The molecule has 1 saturated heterocycles. The van der Waals surface area contributed by atoms with Gasteiger partial charge in [-0.1, -0.05) is 6.92 Å². The molecule has 3 heterocycles. The Labute approximate surface area is 216 Å². The van der Waals surface area contributed by atoms with Gasteiger partial charge in [-0.15, -0.1) is 0 Å². The van der Waals surface area contributed by atoms with Crippen LogP contribution >= 0.6 is 0 Å². The normalized spacial score (nSPS) is 16.4. The van der Waals surface area contributed by atoms with Gasteiger partial charge in [0.25, 0.3) is 0 Å². The summed E-state index contributed by atoms with van der Waals surface area (Å²) in [5.41, 5.74) is 2.77. The Morgan fingerprint density at radius 1 is 0.946 bits per heavy atom.